The molecule has 0 saturated carbocycles. The first-order chi connectivity index (χ1) is 14.5. The van der Waals surface area contributed by atoms with Crippen LogP contribution >= 0.6 is 23.1 Å². The van der Waals surface area contributed by atoms with Crippen LogP contribution in [0, 0.1) is 5.92 Å². The number of amides is 1. The summed E-state index contributed by atoms with van der Waals surface area (Å²) in [5, 5.41) is 11.5. The summed E-state index contributed by atoms with van der Waals surface area (Å²) in [7, 11) is 0. The van der Waals surface area contributed by atoms with Crippen molar-refractivity contribution in [2.24, 2.45) is 5.92 Å². The van der Waals surface area contributed by atoms with Gasteiger partial charge in [0.05, 0.1) is 16.5 Å². The van der Waals surface area contributed by atoms with Crippen LogP contribution in [0.1, 0.15) is 52.5 Å². The van der Waals surface area contributed by atoms with E-state index in [-0.39, 0.29) is 23.4 Å². The number of Topliss-reactive ketones (excluding diaryl/α,β-unsaturated/α-hetero) is 1. The topological polar surface area (TPSA) is 85.1 Å². The zero-order valence-electron chi connectivity index (χ0n) is 16.7. The van der Waals surface area contributed by atoms with E-state index in [1.54, 1.807) is 29.5 Å². The van der Waals surface area contributed by atoms with E-state index in [1.807, 2.05) is 6.92 Å². The lowest BCUT2D eigenvalue weighted by molar-refractivity contribution is -0.116. The molecule has 2 atom stereocenters. The molecule has 30 heavy (non-hydrogen) atoms. The second-order valence-corrected chi connectivity index (χ2v) is 10.1. The van der Waals surface area contributed by atoms with Gasteiger partial charge in [0.2, 0.25) is 5.91 Å². The van der Waals surface area contributed by atoms with E-state index >= 15 is 0 Å². The monoisotopic (exact) mass is 439 g/mol. The van der Waals surface area contributed by atoms with Crippen molar-refractivity contribution in [1.29, 1.82) is 0 Å². The highest BCUT2D eigenvalue weighted by Crippen LogP contribution is 2.37. The molecule has 1 aliphatic carbocycles. The summed E-state index contributed by atoms with van der Waals surface area (Å²) in [5.74, 6) is 1.14. The molecule has 0 bridgehead atoms. The number of benzene rings is 1. The standard InChI is InChI=1S/C22H21N3O3S2/c1-11-3-6-18-14(7-11)9-19(30-18)21-24-25-22(28-21)29-10-17(26)13-4-5-16-15(8-13)12(2)20(27)23-16/h4-5,8-9,11-12H,3,6-7,10H2,1-2H3,(H,23,27)/t11-,12-/m0/s1. The fourth-order valence-electron chi connectivity index (χ4n) is 3.98. The van der Waals surface area contributed by atoms with Crippen molar-refractivity contribution in [1.82, 2.24) is 10.2 Å². The van der Waals surface area contributed by atoms with Gasteiger partial charge in [-0.1, -0.05) is 18.7 Å². The van der Waals surface area contributed by atoms with Crippen LogP contribution < -0.4 is 5.32 Å². The minimum absolute atomic E-state index is 0.0327. The number of hydrogen-bond donors (Lipinski definition) is 1. The van der Waals surface area contributed by atoms with Gasteiger partial charge in [-0.25, -0.2) is 0 Å². The SMILES string of the molecule is C[C@H]1CCc2sc(-c3nnc(SCC(=O)c4ccc5c(c4)[C@H](C)C(=O)N5)o3)cc2C1. The maximum absolute atomic E-state index is 12.6. The number of ketones is 1. The van der Waals surface area contributed by atoms with E-state index in [4.69, 9.17) is 4.42 Å². The number of thiophene rings is 1. The highest BCUT2D eigenvalue weighted by Gasteiger charge is 2.27. The number of anilines is 1. The molecule has 8 heteroatoms. The average molecular weight is 440 g/mol. The van der Waals surface area contributed by atoms with E-state index in [0.29, 0.717) is 16.7 Å². The Kier molecular flexibility index (Phi) is 4.99. The van der Waals surface area contributed by atoms with E-state index in [1.165, 1.54) is 28.6 Å². The van der Waals surface area contributed by atoms with Crippen molar-refractivity contribution in [3.63, 3.8) is 0 Å². The molecule has 154 valence electrons. The number of thioether (sulfide) groups is 1. The maximum Gasteiger partial charge on any atom is 0.277 e. The van der Waals surface area contributed by atoms with Crippen LogP contribution in [-0.4, -0.2) is 27.6 Å². The Hall–Kier alpha value is -2.45. The lowest BCUT2D eigenvalue weighted by Gasteiger charge is -2.16. The summed E-state index contributed by atoms with van der Waals surface area (Å²) in [6.45, 7) is 4.13. The summed E-state index contributed by atoms with van der Waals surface area (Å²) < 4.78 is 5.81. The van der Waals surface area contributed by atoms with Crippen molar-refractivity contribution < 1.29 is 14.0 Å². The Morgan fingerprint density at radius 3 is 3.03 bits per heavy atom. The van der Waals surface area contributed by atoms with Gasteiger partial charge in [0.15, 0.2) is 5.78 Å². The molecule has 5 rings (SSSR count). The quantitative estimate of drug-likeness (QED) is 0.447. The highest BCUT2D eigenvalue weighted by molar-refractivity contribution is 7.99. The second kappa shape index (κ2) is 7.67. The van der Waals surface area contributed by atoms with Gasteiger partial charge in [-0.3, -0.25) is 9.59 Å². The van der Waals surface area contributed by atoms with Gasteiger partial charge in [0.1, 0.15) is 0 Å². The normalized spacial score (nSPS) is 20.0. The number of carbonyl (C=O) groups excluding carboxylic acids is 2. The molecular weight excluding hydrogens is 418 g/mol. The maximum atomic E-state index is 12.6. The molecule has 0 radical (unpaired) electrons. The lowest BCUT2D eigenvalue weighted by Crippen LogP contribution is -2.08. The van der Waals surface area contributed by atoms with Gasteiger partial charge in [-0.2, -0.15) is 0 Å². The van der Waals surface area contributed by atoms with Crippen LogP contribution in [0.15, 0.2) is 33.9 Å². The van der Waals surface area contributed by atoms with Crippen LogP contribution in [-0.2, 0) is 17.6 Å². The van der Waals surface area contributed by atoms with Crippen LogP contribution in [0.3, 0.4) is 0 Å². The van der Waals surface area contributed by atoms with E-state index < -0.39 is 0 Å². The number of fused-ring (bicyclic) bond motifs is 2. The third-order valence-electron chi connectivity index (χ3n) is 5.76. The van der Waals surface area contributed by atoms with Gasteiger partial charge in [-0.05, 0) is 67.5 Å². The summed E-state index contributed by atoms with van der Waals surface area (Å²) >= 11 is 2.97. The van der Waals surface area contributed by atoms with E-state index in [0.717, 1.165) is 34.9 Å². The van der Waals surface area contributed by atoms with E-state index in [9.17, 15) is 9.59 Å². The largest absolute Gasteiger partial charge is 0.410 e. The first-order valence-corrected chi connectivity index (χ1v) is 11.8. The number of aryl methyl sites for hydroxylation is 1. The number of nitrogens with zero attached hydrogens (tertiary/aromatic N) is 2. The summed E-state index contributed by atoms with van der Waals surface area (Å²) in [5.41, 5.74) is 3.64. The lowest BCUT2D eigenvalue weighted by atomic mass is 9.90. The smallest absolute Gasteiger partial charge is 0.277 e. The van der Waals surface area contributed by atoms with Crippen LogP contribution in [0.25, 0.3) is 10.8 Å². The molecule has 6 nitrogen and oxygen atoms in total. The second-order valence-electron chi connectivity index (χ2n) is 8.00. The molecule has 0 spiro atoms. The van der Waals surface area contributed by atoms with Crippen molar-refractivity contribution in [3.8, 4) is 10.8 Å². The molecule has 0 saturated heterocycles. The molecular formula is C22H21N3O3S2. The molecule has 1 aliphatic heterocycles. The first kappa shape index (κ1) is 19.5. The molecule has 0 fully saturated rings. The van der Waals surface area contributed by atoms with Gasteiger partial charge < -0.3 is 9.73 Å². The van der Waals surface area contributed by atoms with Gasteiger partial charge in [-0.15, -0.1) is 21.5 Å². The Morgan fingerprint density at radius 2 is 2.17 bits per heavy atom. The molecule has 1 N–H and O–H groups in total. The van der Waals surface area contributed by atoms with E-state index in [2.05, 4.69) is 28.5 Å². The summed E-state index contributed by atoms with van der Waals surface area (Å²) in [4.78, 5) is 26.9. The van der Waals surface area contributed by atoms with Gasteiger partial charge in [0.25, 0.3) is 11.1 Å². The molecule has 3 aromatic rings. The van der Waals surface area contributed by atoms with Gasteiger partial charge >= 0.3 is 0 Å². The Bertz CT molecular complexity index is 1150. The Labute approximate surface area is 182 Å². The minimum atomic E-state index is -0.237. The third kappa shape index (κ3) is 3.58. The van der Waals surface area contributed by atoms with Crippen molar-refractivity contribution in [2.45, 2.75) is 44.3 Å². The summed E-state index contributed by atoms with van der Waals surface area (Å²) in [6, 6.07) is 7.51. The molecule has 2 aliphatic rings. The number of hydrogen-bond acceptors (Lipinski definition) is 7. The van der Waals surface area contributed by atoms with Crippen molar-refractivity contribution in [2.75, 3.05) is 11.1 Å². The zero-order valence-corrected chi connectivity index (χ0v) is 18.4. The van der Waals surface area contributed by atoms with Crippen LogP contribution in [0.2, 0.25) is 0 Å². The number of carbonyl (C=O) groups is 2. The third-order valence-corrected chi connectivity index (χ3v) is 7.81. The van der Waals surface area contributed by atoms with Crippen LogP contribution in [0.4, 0.5) is 5.69 Å². The fourth-order valence-corrected chi connectivity index (χ4v) is 5.77. The minimum Gasteiger partial charge on any atom is -0.410 e. The van der Waals surface area contributed by atoms with Crippen LogP contribution in [0.5, 0.6) is 0 Å². The molecule has 0 unspecified atom stereocenters. The summed E-state index contributed by atoms with van der Waals surface area (Å²) in [6.07, 6.45) is 3.45. The van der Waals surface area contributed by atoms with Crippen molar-refractivity contribution >= 4 is 40.5 Å². The fraction of sp³-hybridized carbons (Fsp3) is 0.364. The Morgan fingerprint density at radius 1 is 1.30 bits per heavy atom. The molecule has 1 amide bonds. The number of rotatable bonds is 5. The number of aromatic nitrogens is 2. The number of nitrogens with one attached hydrogen (secondary N) is 1. The Balaban J connectivity index is 1.26. The average Bonchev–Trinajstić information content (AvgIpc) is 3.43. The molecule has 3 heterocycles. The zero-order chi connectivity index (χ0) is 20.8. The predicted octanol–water partition coefficient (Wildman–Crippen LogP) is 4.95. The molecule has 1 aromatic carbocycles. The molecule has 2 aromatic heterocycles. The first-order valence-electron chi connectivity index (χ1n) is 10.0. The van der Waals surface area contributed by atoms with Crippen molar-refractivity contribution in [3.05, 3.63) is 45.8 Å². The predicted molar refractivity (Wildman–Crippen MR) is 117 cm³/mol. The van der Waals surface area contributed by atoms with Gasteiger partial charge in [0, 0.05) is 16.1 Å². The highest BCUT2D eigenvalue weighted by atomic mass is 32.2.